The molecule has 1 amide bonds. The summed E-state index contributed by atoms with van der Waals surface area (Å²) in [5.41, 5.74) is 1.86. The average molecular weight is 433 g/mol. The van der Waals surface area contributed by atoms with Gasteiger partial charge >= 0.3 is 0 Å². The number of carbonyl (C=O) groups is 1. The molecule has 0 saturated heterocycles. The maximum Gasteiger partial charge on any atom is 0.274 e. The number of sulfone groups is 1. The maximum absolute atomic E-state index is 13.4. The van der Waals surface area contributed by atoms with Gasteiger partial charge in [-0.3, -0.25) is 4.79 Å². The monoisotopic (exact) mass is 433 g/mol. The van der Waals surface area contributed by atoms with Crippen LogP contribution in [0.15, 0.2) is 71.9 Å². The highest BCUT2D eigenvalue weighted by Crippen LogP contribution is 2.32. The van der Waals surface area contributed by atoms with Gasteiger partial charge in [-0.25, -0.2) is 13.4 Å². The minimum Gasteiger partial charge on any atom is -0.497 e. The van der Waals surface area contributed by atoms with E-state index in [1.54, 1.807) is 31.4 Å². The van der Waals surface area contributed by atoms with Crippen LogP contribution in [0.3, 0.4) is 0 Å². The van der Waals surface area contributed by atoms with Crippen molar-refractivity contribution in [2.45, 2.75) is 11.7 Å². The van der Waals surface area contributed by atoms with Crippen molar-refractivity contribution in [1.29, 1.82) is 0 Å². The van der Waals surface area contributed by atoms with Crippen LogP contribution in [0.25, 0.3) is 22.0 Å². The number of fused-ring (bicyclic) bond motifs is 2. The molecule has 0 fully saturated rings. The normalized spacial score (nSPS) is 14.4. The molecule has 8 heteroatoms. The van der Waals surface area contributed by atoms with E-state index in [-0.39, 0.29) is 23.1 Å². The summed E-state index contributed by atoms with van der Waals surface area (Å²) in [6.45, 7) is 0.194. The van der Waals surface area contributed by atoms with Crippen molar-refractivity contribution in [2.24, 2.45) is 0 Å². The summed E-state index contributed by atoms with van der Waals surface area (Å²) in [4.78, 5) is 17.8. The molecule has 156 valence electrons. The number of hydrogen-bond acceptors (Lipinski definition) is 5. The van der Waals surface area contributed by atoms with E-state index in [9.17, 15) is 13.2 Å². The fourth-order valence-electron chi connectivity index (χ4n) is 3.88. The number of amides is 1. The smallest absolute Gasteiger partial charge is 0.274 e. The number of rotatable bonds is 4. The lowest BCUT2D eigenvalue weighted by Gasteiger charge is -2.11. The van der Waals surface area contributed by atoms with Gasteiger partial charge in [0.25, 0.3) is 5.91 Å². The summed E-state index contributed by atoms with van der Waals surface area (Å²) in [7, 11) is -1.96. The zero-order valence-electron chi connectivity index (χ0n) is 16.7. The summed E-state index contributed by atoms with van der Waals surface area (Å²) >= 11 is 0. The quantitative estimate of drug-likeness (QED) is 0.529. The predicted molar refractivity (Wildman–Crippen MR) is 118 cm³/mol. The number of hydrogen-bond donors (Lipinski definition) is 1. The van der Waals surface area contributed by atoms with Gasteiger partial charge in [-0.2, -0.15) is 0 Å². The summed E-state index contributed by atoms with van der Waals surface area (Å²) in [6, 6.07) is 20.4. The first-order chi connectivity index (χ1) is 15.0. The maximum atomic E-state index is 13.4. The second-order valence-electron chi connectivity index (χ2n) is 7.27. The fraction of sp³-hybridized carbons (Fsp3) is 0.130. The molecule has 2 heterocycles. The molecule has 1 aromatic heterocycles. The highest BCUT2D eigenvalue weighted by molar-refractivity contribution is 7.91. The van der Waals surface area contributed by atoms with Crippen molar-refractivity contribution in [2.75, 3.05) is 18.2 Å². The average Bonchev–Trinajstić information content (AvgIpc) is 3.31. The Bertz CT molecular complexity index is 1420. The molecule has 0 bridgehead atoms. The zero-order valence-corrected chi connectivity index (χ0v) is 17.5. The van der Waals surface area contributed by atoms with Crippen molar-refractivity contribution >= 4 is 32.2 Å². The van der Waals surface area contributed by atoms with Crippen LogP contribution in [0.2, 0.25) is 0 Å². The van der Waals surface area contributed by atoms with Crippen molar-refractivity contribution in [3.8, 4) is 17.0 Å². The van der Waals surface area contributed by atoms with Gasteiger partial charge < -0.3 is 14.6 Å². The molecule has 1 aliphatic rings. The number of methoxy groups -OCH3 is 1. The molecule has 0 atom stereocenters. The number of nitrogens with one attached hydrogen (secondary N) is 1. The number of imidazole rings is 1. The molecule has 0 radical (unpaired) electrons. The number of ether oxygens (including phenoxy) is 1. The molecule has 31 heavy (non-hydrogen) atoms. The van der Waals surface area contributed by atoms with E-state index in [1.165, 1.54) is 4.57 Å². The predicted octanol–water partition coefficient (Wildman–Crippen LogP) is 3.75. The highest BCUT2D eigenvalue weighted by atomic mass is 32.2. The zero-order chi connectivity index (χ0) is 21.6. The summed E-state index contributed by atoms with van der Waals surface area (Å²) in [6.07, 6.45) is 0. The van der Waals surface area contributed by atoms with Crippen LogP contribution in [0, 0.1) is 0 Å². The molecule has 1 N–H and O–H groups in total. The van der Waals surface area contributed by atoms with Crippen LogP contribution in [-0.2, 0) is 16.4 Å². The van der Waals surface area contributed by atoms with Gasteiger partial charge in [0.1, 0.15) is 17.1 Å². The first-order valence-corrected chi connectivity index (χ1v) is 11.4. The Labute approximate surface area is 179 Å². The van der Waals surface area contributed by atoms with Crippen molar-refractivity contribution in [3.05, 3.63) is 72.4 Å². The van der Waals surface area contributed by atoms with E-state index in [1.807, 2.05) is 42.5 Å². The van der Waals surface area contributed by atoms with Gasteiger partial charge in [0.2, 0.25) is 15.0 Å². The van der Waals surface area contributed by atoms with Gasteiger partial charge in [0.15, 0.2) is 0 Å². The molecule has 0 unspecified atom stereocenters. The van der Waals surface area contributed by atoms with Crippen molar-refractivity contribution in [3.63, 3.8) is 0 Å². The van der Waals surface area contributed by atoms with Crippen LogP contribution in [0.5, 0.6) is 5.75 Å². The largest absolute Gasteiger partial charge is 0.497 e. The van der Waals surface area contributed by atoms with E-state index >= 15 is 0 Å². The van der Waals surface area contributed by atoms with Gasteiger partial charge in [-0.15, -0.1) is 0 Å². The molecular weight excluding hydrogens is 414 g/mol. The lowest BCUT2D eigenvalue weighted by Crippen LogP contribution is -2.18. The molecule has 4 aromatic rings. The van der Waals surface area contributed by atoms with E-state index < -0.39 is 15.7 Å². The second-order valence-corrected chi connectivity index (χ2v) is 9.27. The van der Waals surface area contributed by atoms with Gasteiger partial charge in [-0.1, -0.05) is 36.4 Å². The number of benzene rings is 3. The van der Waals surface area contributed by atoms with Gasteiger partial charge in [0, 0.05) is 23.2 Å². The third-order valence-electron chi connectivity index (χ3n) is 5.41. The Morgan fingerprint density at radius 3 is 2.55 bits per heavy atom. The molecule has 0 saturated carbocycles. The lowest BCUT2D eigenvalue weighted by atomic mass is 10.1. The lowest BCUT2D eigenvalue weighted by molar-refractivity contribution is 0.101. The van der Waals surface area contributed by atoms with Gasteiger partial charge in [0.05, 0.1) is 12.9 Å². The SMILES string of the molecule is COc1ccc(-c2nc3n(c2C(=O)Nc2cccc4ccccc24)CCS3(=O)=O)cc1. The Hall–Kier alpha value is -3.65. The standard InChI is InChI=1S/C23H19N3O4S/c1-30-17-11-9-16(10-12-17)20-21(26-13-14-31(28,29)23(26)25-20)22(27)24-19-8-4-6-15-5-2-3-7-18(15)19/h2-12H,13-14H2,1H3,(H,24,27). The number of nitrogens with zero attached hydrogens (tertiary/aromatic N) is 2. The molecular formula is C23H19N3O4S. The Balaban J connectivity index is 1.63. The minimum atomic E-state index is -3.52. The fourth-order valence-corrected chi connectivity index (χ4v) is 5.23. The third kappa shape index (κ3) is 3.25. The van der Waals surface area contributed by atoms with E-state index in [0.717, 1.165) is 10.8 Å². The number of carbonyl (C=O) groups excluding carboxylic acids is 1. The third-order valence-corrected chi connectivity index (χ3v) is 7.00. The molecule has 0 aliphatic carbocycles. The minimum absolute atomic E-state index is 0.0627. The number of aromatic nitrogens is 2. The van der Waals surface area contributed by atoms with Crippen LogP contribution in [-0.4, -0.2) is 36.7 Å². The molecule has 7 nitrogen and oxygen atoms in total. The molecule has 1 aliphatic heterocycles. The van der Waals surface area contributed by atoms with E-state index in [0.29, 0.717) is 22.7 Å². The van der Waals surface area contributed by atoms with Crippen LogP contribution in [0.4, 0.5) is 5.69 Å². The first kappa shape index (κ1) is 19.3. The Morgan fingerprint density at radius 2 is 1.77 bits per heavy atom. The highest BCUT2D eigenvalue weighted by Gasteiger charge is 2.35. The Kier molecular flexibility index (Phi) is 4.51. The topological polar surface area (TPSA) is 90.3 Å². The van der Waals surface area contributed by atoms with Crippen LogP contribution >= 0.6 is 0 Å². The summed E-state index contributed by atoms with van der Waals surface area (Å²) in [5.74, 6) is 0.190. The van der Waals surface area contributed by atoms with E-state index in [2.05, 4.69) is 10.3 Å². The first-order valence-electron chi connectivity index (χ1n) is 9.75. The van der Waals surface area contributed by atoms with Crippen molar-refractivity contribution in [1.82, 2.24) is 9.55 Å². The molecule has 5 rings (SSSR count). The number of anilines is 1. The molecule has 0 spiro atoms. The van der Waals surface area contributed by atoms with Gasteiger partial charge in [-0.05, 0) is 35.7 Å². The Morgan fingerprint density at radius 1 is 1.03 bits per heavy atom. The van der Waals surface area contributed by atoms with Crippen LogP contribution < -0.4 is 10.1 Å². The van der Waals surface area contributed by atoms with E-state index in [4.69, 9.17) is 4.74 Å². The summed E-state index contributed by atoms with van der Waals surface area (Å²) in [5, 5.41) is 4.79. The summed E-state index contributed by atoms with van der Waals surface area (Å²) < 4.78 is 31.6. The second kappa shape index (κ2) is 7.24. The van der Waals surface area contributed by atoms with Crippen LogP contribution in [0.1, 0.15) is 10.5 Å². The molecule has 3 aromatic carbocycles. The van der Waals surface area contributed by atoms with Crippen molar-refractivity contribution < 1.29 is 17.9 Å².